The summed E-state index contributed by atoms with van der Waals surface area (Å²) in [5, 5.41) is 0. The normalized spacial score (nSPS) is 23.8. The fourth-order valence-electron chi connectivity index (χ4n) is 2.05. The summed E-state index contributed by atoms with van der Waals surface area (Å²) in [7, 11) is 0. The van der Waals surface area contributed by atoms with Crippen LogP contribution in [0.2, 0.25) is 0 Å². The van der Waals surface area contributed by atoms with Crippen molar-refractivity contribution in [2.75, 3.05) is 13.2 Å². The molecule has 102 valence electrons. The van der Waals surface area contributed by atoms with Crippen molar-refractivity contribution >= 4 is 12.0 Å². The molecule has 0 N–H and O–H groups in total. The molecule has 0 aliphatic carbocycles. The summed E-state index contributed by atoms with van der Waals surface area (Å²) in [5.41, 5.74) is 0.809. The van der Waals surface area contributed by atoms with Gasteiger partial charge in [0.25, 0.3) is 0 Å². The quantitative estimate of drug-likeness (QED) is 0.767. The zero-order valence-corrected chi connectivity index (χ0v) is 11.2. The molecule has 2 rings (SSSR count). The molecule has 1 aliphatic rings. The minimum atomic E-state index is -0.279. The molecular formula is C15H18FNO2. The molecule has 2 atom stereocenters. The van der Waals surface area contributed by atoms with Gasteiger partial charge in [0.05, 0.1) is 18.8 Å². The minimum Gasteiger partial charge on any atom is -0.375 e. The van der Waals surface area contributed by atoms with Crippen molar-refractivity contribution in [1.29, 1.82) is 0 Å². The maximum atomic E-state index is 12.8. The van der Waals surface area contributed by atoms with E-state index < -0.39 is 0 Å². The second-order valence-corrected chi connectivity index (χ2v) is 4.87. The number of nitrogens with zero attached hydrogens (tertiary/aromatic N) is 1. The lowest BCUT2D eigenvalue weighted by atomic mass is 10.1. The molecule has 1 fully saturated rings. The maximum absolute atomic E-state index is 12.8. The first kappa shape index (κ1) is 13.7. The Balaban J connectivity index is 2.01. The van der Waals surface area contributed by atoms with Gasteiger partial charge < -0.3 is 9.64 Å². The lowest BCUT2D eigenvalue weighted by Gasteiger charge is -2.36. The Bertz CT molecular complexity index is 470. The van der Waals surface area contributed by atoms with Crippen molar-refractivity contribution in [2.45, 2.75) is 26.0 Å². The standard InChI is InChI=1S/C15H18FNO2/c1-11-10-19-12(2)9-17(11)15(18)8-5-13-3-6-14(16)7-4-13/h3-8,11-12H,9-10H2,1-2H3/b8-5+. The van der Waals surface area contributed by atoms with Gasteiger partial charge in [0.15, 0.2) is 0 Å². The molecular weight excluding hydrogens is 245 g/mol. The highest BCUT2D eigenvalue weighted by molar-refractivity contribution is 5.92. The average Bonchev–Trinajstić information content (AvgIpc) is 2.40. The molecule has 0 bridgehead atoms. The highest BCUT2D eigenvalue weighted by Gasteiger charge is 2.25. The van der Waals surface area contributed by atoms with Gasteiger partial charge in [-0.15, -0.1) is 0 Å². The zero-order chi connectivity index (χ0) is 13.8. The number of carbonyl (C=O) groups excluding carboxylic acids is 1. The first-order valence-electron chi connectivity index (χ1n) is 6.42. The highest BCUT2D eigenvalue weighted by Crippen LogP contribution is 2.12. The SMILES string of the molecule is CC1CN(C(=O)/C=C/c2ccc(F)cc2)C(C)CO1. The summed E-state index contributed by atoms with van der Waals surface area (Å²) in [4.78, 5) is 13.9. The van der Waals surface area contributed by atoms with Crippen molar-refractivity contribution in [2.24, 2.45) is 0 Å². The molecule has 0 aromatic heterocycles. The third-order valence-electron chi connectivity index (χ3n) is 3.18. The summed E-state index contributed by atoms with van der Waals surface area (Å²) in [6, 6.07) is 6.13. The van der Waals surface area contributed by atoms with E-state index in [1.165, 1.54) is 18.2 Å². The Kier molecular flexibility index (Phi) is 4.32. The van der Waals surface area contributed by atoms with Gasteiger partial charge in [0.2, 0.25) is 5.91 Å². The molecule has 1 aromatic rings. The van der Waals surface area contributed by atoms with Crippen LogP contribution in [-0.2, 0) is 9.53 Å². The van der Waals surface area contributed by atoms with E-state index in [9.17, 15) is 9.18 Å². The summed E-state index contributed by atoms with van der Waals surface area (Å²) in [5.74, 6) is -0.314. The van der Waals surface area contributed by atoms with Gasteiger partial charge in [-0.3, -0.25) is 4.79 Å². The van der Waals surface area contributed by atoms with E-state index in [2.05, 4.69) is 0 Å². The molecule has 1 saturated heterocycles. The van der Waals surface area contributed by atoms with Crippen molar-refractivity contribution < 1.29 is 13.9 Å². The fraction of sp³-hybridized carbons (Fsp3) is 0.400. The summed E-state index contributed by atoms with van der Waals surface area (Å²) < 4.78 is 18.2. The topological polar surface area (TPSA) is 29.5 Å². The van der Waals surface area contributed by atoms with E-state index in [1.54, 1.807) is 23.1 Å². The van der Waals surface area contributed by atoms with E-state index in [1.807, 2.05) is 13.8 Å². The highest BCUT2D eigenvalue weighted by atomic mass is 19.1. The first-order valence-corrected chi connectivity index (χ1v) is 6.42. The molecule has 1 amide bonds. The predicted molar refractivity (Wildman–Crippen MR) is 72.0 cm³/mol. The van der Waals surface area contributed by atoms with Gasteiger partial charge in [0, 0.05) is 12.6 Å². The molecule has 1 heterocycles. The van der Waals surface area contributed by atoms with E-state index >= 15 is 0 Å². The van der Waals surface area contributed by atoms with E-state index in [0.717, 1.165) is 5.56 Å². The van der Waals surface area contributed by atoms with Crippen molar-refractivity contribution in [1.82, 2.24) is 4.90 Å². The number of hydrogen-bond donors (Lipinski definition) is 0. The van der Waals surface area contributed by atoms with Crippen LogP contribution in [-0.4, -0.2) is 36.1 Å². The lowest BCUT2D eigenvalue weighted by molar-refractivity contribution is -0.137. The zero-order valence-electron chi connectivity index (χ0n) is 11.2. The number of hydrogen-bond acceptors (Lipinski definition) is 2. The molecule has 0 saturated carbocycles. The number of morpholine rings is 1. The Morgan fingerprint density at radius 3 is 2.74 bits per heavy atom. The number of carbonyl (C=O) groups is 1. The number of ether oxygens (including phenoxy) is 1. The smallest absolute Gasteiger partial charge is 0.246 e. The second kappa shape index (κ2) is 5.97. The molecule has 0 radical (unpaired) electrons. The predicted octanol–water partition coefficient (Wildman–Crippen LogP) is 2.47. The first-order chi connectivity index (χ1) is 9.06. The number of rotatable bonds is 2. The van der Waals surface area contributed by atoms with Crippen LogP contribution in [0.4, 0.5) is 4.39 Å². The van der Waals surface area contributed by atoms with Crippen molar-refractivity contribution in [3.63, 3.8) is 0 Å². The van der Waals surface area contributed by atoms with Gasteiger partial charge in [0.1, 0.15) is 5.82 Å². The Morgan fingerprint density at radius 2 is 2.05 bits per heavy atom. The van der Waals surface area contributed by atoms with Crippen LogP contribution in [0.1, 0.15) is 19.4 Å². The van der Waals surface area contributed by atoms with Gasteiger partial charge in [-0.1, -0.05) is 12.1 Å². The van der Waals surface area contributed by atoms with Crippen LogP contribution in [0.25, 0.3) is 6.08 Å². The molecule has 19 heavy (non-hydrogen) atoms. The largest absolute Gasteiger partial charge is 0.375 e. The fourth-order valence-corrected chi connectivity index (χ4v) is 2.05. The average molecular weight is 263 g/mol. The molecule has 0 spiro atoms. The van der Waals surface area contributed by atoms with Crippen LogP contribution in [0.3, 0.4) is 0 Å². The van der Waals surface area contributed by atoms with Crippen LogP contribution in [0.5, 0.6) is 0 Å². The molecule has 2 unspecified atom stereocenters. The third kappa shape index (κ3) is 3.64. The minimum absolute atomic E-state index is 0.0352. The van der Waals surface area contributed by atoms with Crippen molar-refractivity contribution in [3.05, 3.63) is 41.7 Å². The van der Waals surface area contributed by atoms with E-state index in [0.29, 0.717) is 13.2 Å². The molecule has 4 heteroatoms. The third-order valence-corrected chi connectivity index (χ3v) is 3.18. The van der Waals surface area contributed by atoms with Gasteiger partial charge in [-0.05, 0) is 37.6 Å². The van der Waals surface area contributed by atoms with Crippen molar-refractivity contribution in [3.8, 4) is 0 Å². The Morgan fingerprint density at radius 1 is 1.37 bits per heavy atom. The van der Waals surface area contributed by atoms with E-state index in [-0.39, 0.29) is 23.9 Å². The summed E-state index contributed by atoms with van der Waals surface area (Å²) in [6.07, 6.45) is 3.30. The molecule has 1 aromatic carbocycles. The summed E-state index contributed by atoms with van der Waals surface area (Å²) in [6.45, 7) is 5.09. The van der Waals surface area contributed by atoms with Gasteiger partial charge in [-0.2, -0.15) is 0 Å². The second-order valence-electron chi connectivity index (χ2n) is 4.87. The van der Waals surface area contributed by atoms with Crippen LogP contribution in [0, 0.1) is 5.82 Å². The van der Waals surface area contributed by atoms with Crippen LogP contribution >= 0.6 is 0 Å². The molecule has 3 nitrogen and oxygen atoms in total. The van der Waals surface area contributed by atoms with Gasteiger partial charge in [-0.25, -0.2) is 4.39 Å². The van der Waals surface area contributed by atoms with Gasteiger partial charge >= 0.3 is 0 Å². The monoisotopic (exact) mass is 263 g/mol. The Hall–Kier alpha value is -1.68. The van der Waals surface area contributed by atoms with E-state index in [4.69, 9.17) is 4.74 Å². The number of benzene rings is 1. The maximum Gasteiger partial charge on any atom is 0.246 e. The summed E-state index contributed by atoms with van der Waals surface area (Å²) >= 11 is 0. The van der Waals surface area contributed by atoms with Crippen LogP contribution < -0.4 is 0 Å². The number of halogens is 1. The lowest BCUT2D eigenvalue weighted by Crippen LogP contribution is -2.49. The number of amides is 1. The van der Waals surface area contributed by atoms with Crippen LogP contribution in [0.15, 0.2) is 30.3 Å². The Labute approximate surface area is 112 Å². The molecule has 1 aliphatic heterocycles.